The number of nitrogens with zero attached hydrogens (tertiary/aromatic N) is 1. The van der Waals surface area contributed by atoms with Crippen molar-refractivity contribution in [2.24, 2.45) is 0 Å². The van der Waals surface area contributed by atoms with Gasteiger partial charge in [-0.15, -0.1) is 0 Å². The van der Waals surface area contributed by atoms with Gasteiger partial charge in [-0.2, -0.15) is 0 Å². The number of hydrogen-bond acceptors (Lipinski definition) is 5. The van der Waals surface area contributed by atoms with E-state index in [2.05, 4.69) is 5.32 Å². The Morgan fingerprint density at radius 1 is 1.29 bits per heavy atom. The van der Waals surface area contributed by atoms with Crippen molar-refractivity contribution in [3.63, 3.8) is 0 Å². The lowest BCUT2D eigenvalue weighted by molar-refractivity contribution is -0.385. The maximum absolute atomic E-state index is 11.8. The molecule has 0 heterocycles. The quantitative estimate of drug-likeness (QED) is 0.471. The Bertz CT molecular complexity index is 526. The molecule has 114 valence electrons. The van der Waals surface area contributed by atoms with Crippen LogP contribution in [0, 0.1) is 10.1 Å². The van der Waals surface area contributed by atoms with Crippen molar-refractivity contribution in [3.8, 4) is 0 Å². The Labute approximate surface area is 122 Å². The van der Waals surface area contributed by atoms with Crippen LogP contribution in [0.4, 0.5) is 5.69 Å². The molecule has 21 heavy (non-hydrogen) atoms. The second-order valence-electron chi connectivity index (χ2n) is 4.43. The van der Waals surface area contributed by atoms with E-state index in [9.17, 15) is 19.7 Å². The van der Waals surface area contributed by atoms with Crippen LogP contribution in [0.5, 0.6) is 0 Å². The summed E-state index contributed by atoms with van der Waals surface area (Å²) in [5, 5.41) is 13.5. The first-order chi connectivity index (χ1) is 9.99. The molecule has 1 aromatic carbocycles. The third-order valence-corrected chi connectivity index (χ3v) is 3.01. The molecule has 0 aliphatic heterocycles. The van der Waals surface area contributed by atoms with Crippen LogP contribution >= 0.6 is 0 Å². The van der Waals surface area contributed by atoms with Gasteiger partial charge in [0.1, 0.15) is 5.56 Å². The fraction of sp³-hybridized carbons (Fsp3) is 0.429. The summed E-state index contributed by atoms with van der Waals surface area (Å²) in [6.45, 7) is 3.42. The van der Waals surface area contributed by atoms with E-state index in [4.69, 9.17) is 4.74 Å². The third kappa shape index (κ3) is 4.87. The normalized spacial score (nSPS) is 10.2. The van der Waals surface area contributed by atoms with E-state index in [-0.39, 0.29) is 17.3 Å². The van der Waals surface area contributed by atoms with Gasteiger partial charge in [-0.1, -0.05) is 26.0 Å². The number of hydrogen-bond donors (Lipinski definition) is 1. The molecule has 0 unspecified atom stereocenters. The second-order valence-corrected chi connectivity index (χ2v) is 4.43. The number of nitro benzene ring substituents is 1. The minimum atomic E-state index is -0.887. The van der Waals surface area contributed by atoms with Crippen molar-refractivity contribution in [1.82, 2.24) is 5.32 Å². The molecule has 1 amide bonds. The lowest BCUT2D eigenvalue weighted by Gasteiger charge is -2.14. The van der Waals surface area contributed by atoms with Gasteiger partial charge in [-0.05, 0) is 18.9 Å². The molecule has 0 radical (unpaired) electrons. The number of nitrogens with one attached hydrogen (secondary N) is 1. The van der Waals surface area contributed by atoms with Crippen LogP contribution in [-0.4, -0.2) is 29.4 Å². The maximum atomic E-state index is 11.8. The average molecular weight is 294 g/mol. The lowest BCUT2D eigenvalue weighted by Crippen LogP contribution is -2.36. The molecule has 1 N–H and O–H groups in total. The summed E-state index contributed by atoms with van der Waals surface area (Å²) in [7, 11) is 0. The molecule has 1 aromatic rings. The number of benzene rings is 1. The SMILES string of the molecule is CCC(CC)NC(=O)COC(=O)c1ccccc1[N+](=O)[O-]. The first-order valence-corrected chi connectivity index (χ1v) is 6.69. The first kappa shape index (κ1) is 16.6. The van der Waals surface area contributed by atoms with Gasteiger partial charge in [0, 0.05) is 12.1 Å². The van der Waals surface area contributed by atoms with Gasteiger partial charge >= 0.3 is 5.97 Å². The zero-order chi connectivity index (χ0) is 15.8. The molecule has 7 nitrogen and oxygen atoms in total. The van der Waals surface area contributed by atoms with Crippen LogP contribution in [-0.2, 0) is 9.53 Å². The molecular weight excluding hydrogens is 276 g/mol. The Balaban J connectivity index is 2.62. The molecular formula is C14H18N2O5. The highest BCUT2D eigenvalue weighted by molar-refractivity contribution is 5.95. The number of nitro groups is 1. The predicted octanol–water partition coefficient (Wildman–Crippen LogP) is 2.06. The molecule has 0 aromatic heterocycles. The van der Waals surface area contributed by atoms with E-state index in [0.29, 0.717) is 0 Å². The Kier molecular flexibility index (Phi) is 6.32. The van der Waals surface area contributed by atoms with Gasteiger partial charge in [0.25, 0.3) is 11.6 Å². The standard InChI is InChI=1S/C14H18N2O5/c1-3-10(4-2)15-13(17)9-21-14(18)11-7-5-6-8-12(11)16(19)20/h5-8,10H,3-4,9H2,1-2H3,(H,15,17). The predicted molar refractivity (Wildman–Crippen MR) is 75.9 cm³/mol. The van der Waals surface area contributed by atoms with Crippen molar-refractivity contribution in [2.45, 2.75) is 32.7 Å². The Morgan fingerprint density at radius 3 is 2.48 bits per heavy atom. The first-order valence-electron chi connectivity index (χ1n) is 6.69. The van der Waals surface area contributed by atoms with E-state index in [1.54, 1.807) is 0 Å². The number of rotatable bonds is 7. The summed E-state index contributed by atoms with van der Waals surface area (Å²) in [6.07, 6.45) is 1.56. The molecule has 0 fully saturated rings. The van der Waals surface area contributed by atoms with Crippen LogP contribution in [0.2, 0.25) is 0 Å². The van der Waals surface area contributed by atoms with E-state index in [0.717, 1.165) is 12.8 Å². The van der Waals surface area contributed by atoms with Gasteiger partial charge in [-0.3, -0.25) is 14.9 Å². The number of esters is 1. The second kappa shape index (κ2) is 7.98. The van der Waals surface area contributed by atoms with Gasteiger partial charge in [0.05, 0.1) is 4.92 Å². The molecule has 0 bridgehead atoms. The Hall–Kier alpha value is -2.44. The van der Waals surface area contributed by atoms with Crippen LogP contribution < -0.4 is 5.32 Å². The minimum Gasteiger partial charge on any atom is -0.452 e. The van der Waals surface area contributed by atoms with E-state index < -0.39 is 23.4 Å². The molecule has 1 rings (SSSR count). The summed E-state index contributed by atoms with van der Waals surface area (Å²) < 4.78 is 4.82. The number of carbonyl (C=O) groups excluding carboxylic acids is 2. The van der Waals surface area contributed by atoms with Crippen molar-refractivity contribution < 1.29 is 19.2 Å². The highest BCUT2D eigenvalue weighted by atomic mass is 16.6. The van der Waals surface area contributed by atoms with Crippen LogP contribution in [0.15, 0.2) is 24.3 Å². The van der Waals surface area contributed by atoms with Gasteiger partial charge in [0.15, 0.2) is 6.61 Å². The fourth-order valence-corrected chi connectivity index (χ4v) is 1.78. The zero-order valence-corrected chi connectivity index (χ0v) is 12.0. The smallest absolute Gasteiger partial charge is 0.345 e. The summed E-state index contributed by atoms with van der Waals surface area (Å²) >= 11 is 0. The maximum Gasteiger partial charge on any atom is 0.345 e. The highest BCUT2D eigenvalue weighted by Crippen LogP contribution is 2.18. The third-order valence-electron chi connectivity index (χ3n) is 3.01. The summed E-state index contributed by atoms with van der Waals surface area (Å²) in [4.78, 5) is 33.5. The minimum absolute atomic E-state index is 0.0299. The van der Waals surface area contributed by atoms with Gasteiger partial charge in [-0.25, -0.2) is 4.79 Å². The van der Waals surface area contributed by atoms with E-state index in [1.807, 2.05) is 13.8 Å². The number of para-hydroxylation sites is 1. The molecule has 0 aliphatic carbocycles. The zero-order valence-electron chi connectivity index (χ0n) is 12.0. The number of amides is 1. The summed E-state index contributed by atoms with van der Waals surface area (Å²) in [6, 6.07) is 5.48. The lowest BCUT2D eigenvalue weighted by atomic mass is 10.2. The fourth-order valence-electron chi connectivity index (χ4n) is 1.78. The molecule has 0 aliphatic rings. The van der Waals surface area contributed by atoms with E-state index in [1.165, 1.54) is 24.3 Å². The van der Waals surface area contributed by atoms with Crippen molar-refractivity contribution >= 4 is 17.6 Å². The number of ether oxygens (including phenoxy) is 1. The topological polar surface area (TPSA) is 98.5 Å². The largest absolute Gasteiger partial charge is 0.452 e. The van der Waals surface area contributed by atoms with Crippen molar-refractivity contribution in [2.75, 3.05) is 6.61 Å². The van der Waals surface area contributed by atoms with Crippen LogP contribution in [0.25, 0.3) is 0 Å². The van der Waals surface area contributed by atoms with E-state index >= 15 is 0 Å². The summed E-state index contributed by atoms with van der Waals surface area (Å²) in [5.41, 5.74) is -0.513. The van der Waals surface area contributed by atoms with Crippen molar-refractivity contribution in [3.05, 3.63) is 39.9 Å². The summed E-state index contributed by atoms with van der Waals surface area (Å²) in [5.74, 6) is -1.31. The Morgan fingerprint density at radius 2 is 1.90 bits per heavy atom. The molecule has 0 atom stereocenters. The molecule has 0 spiro atoms. The molecule has 0 saturated carbocycles. The molecule has 7 heteroatoms. The number of carbonyl (C=O) groups is 2. The van der Waals surface area contributed by atoms with Gasteiger partial charge in [0.2, 0.25) is 0 Å². The van der Waals surface area contributed by atoms with Crippen molar-refractivity contribution in [1.29, 1.82) is 0 Å². The average Bonchev–Trinajstić information content (AvgIpc) is 2.50. The van der Waals surface area contributed by atoms with Crippen LogP contribution in [0.1, 0.15) is 37.0 Å². The van der Waals surface area contributed by atoms with Crippen LogP contribution in [0.3, 0.4) is 0 Å². The molecule has 0 saturated heterocycles. The van der Waals surface area contributed by atoms with Gasteiger partial charge < -0.3 is 10.1 Å². The highest BCUT2D eigenvalue weighted by Gasteiger charge is 2.21. The monoisotopic (exact) mass is 294 g/mol.